The number of hydrogen-bond donors (Lipinski definition) is 0. The number of halogens is 2. The molecule has 1 aromatic carbocycles. The van der Waals surface area contributed by atoms with Gasteiger partial charge in [-0.1, -0.05) is 39.0 Å². The van der Waals surface area contributed by atoms with Gasteiger partial charge in [-0.2, -0.15) is 4.39 Å². The molecule has 1 aromatic heterocycles. The number of unbranched alkanes of at least 4 members (excludes halogenated alkanes) is 5. The Kier molecular flexibility index (Phi) is 7.71. The Morgan fingerprint density at radius 3 is 2.43 bits per heavy atom. The summed E-state index contributed by atoms with van der Waals surface area (Å²) < 4.78 is 20.1. The molecule has 0 N–H and O–H groups in total. The molecule has 0 radical (unpaired) electrons. The highest BCUT2D eigenvalue weighted by atomic mass is 127. The zero-order valence-corrected chi connectivity index (χ0v) is 15.6. The van der Waals surface area contributed by atoms with Crippen LogP contribution in [-0.2, 0) is 0 Å². The first kappa shape index (κ1) is 18.1. The summed E-state index contributed by atoms with van der Waals surface area (Å²) in [5.74, 6) is 0.263. The third kappa shape index (κ3) is 6.05. The predicted octanol–water partition coefficient (Wildman–Crippen LogP) is 5.63. The quantitative estimate of drug-likeness (QED) is 0.384. The van der Waals surface area contributed by atoms with Crippen molar-refractivity contribution in [1.29, 1.82) is 0 Å². The molecule has 0 atom stereocenters. The number of hydrogen-bond acceptors (Lipinski definition) is 3. The Balaban J connectivity index is 1.80. The molecule has 0 unspecified atom stereocenters. The van der Waals surface area contributed by atoms with Crippen LogP contribution in [0.15, 0.2) is 30.5 Å². The highest BCUT2D eigenvalue weighted by Gasteiger charge is 2.08. The van der Waals surface area contributed by atoms with Crippen molar-refractivity contribution in [2.45, 2.75) is 45.4 Å². The predicted molar refractivity (Wildman–Crippen MR) is 99.0 cm³/mol. The summed E-state index contributed by atoms with van der Waals surface area (Å²) in [6.45, 7) is 2.95. The van der Waals surface area contributed by atoms with E-state index in [2.05, 4.69) is 16.9 Å². The molecule has 0 aliphatic heterocycles. The van der Waals surface area contributed by atoms with E-state index >= 15 is 0 Å². The minimum Gasteiger partial charge on any atom is -0.494 e. The van der Waals surface area contributed by atoms with Crippen LogP contribution in [0.4, 0.5) is 4.39 Å². The van der Waals surface area contributed by atoms with Crippen LogP contribution in [0.25, 0.3) is 11.3 Å². The Labute approximate surface area is 150 Å². The second-order valence-electron chi connectivity index (χ2n) is 5.47. The number of ether oxygens (including phenoxy) is 1. The van der Waals surface area contributed by atoms with Crippen molar-refractivity contribution in [1.82, 2.24) is 9.97 Å². The van der Waals surface area contributed by atoms with Gasteiger partial charge in [-0.05, 0) is 53.3 Å². The lowest BCUT2D eigenvalue weighted by Crippen LogP contribution is -1.98. The molecule has 2 aromatic rings. The van der Waals surface area contributed by atoms with Gasteiger partial charge in [0.25, 0.3) is 0 Å². The monoisotopic (exact) mass is 428 g/mol. The summed E-state index contributed by atoms with van der Waals surface area (Å²) >= 11 is 1.94. The molecule has 2 rings (SSSR count). The summed E-state index contributed by atoms with van der Waals surface area (Å²) in [7, 11) is 0. The molecule has 0 saturated carbocycles. The maximum Gasteiger partial charge on any atom is 0.240 e. The molecule has 124 valence electrons. The Bertz CT molecular complexity index is 604. The zero-order chi connectivity index (χ0) is 16.5. The molecule has 1 heterocycles. The van der Waals surface area contributed by atoms with Gasteiger partial charge in [0, 0.05) is 5.56 Å². The van der Waals surface area contributed by atoms with Crippen LogP contribution in [0.2, 0.25) is 0 Å². The van der Waals surface area contributed by atoms with Crippen molar-refractivity contribution >= 4 is 22.6 Å². The fourth-order valence-corrected chi connectivity index (χ4v) is 2.67. The van der Waals surface area contributed by atoms with Crippen molar-refractivity contribution in [2.75, 3.05) is 6.61 Å². The third-order valence-corrected chi connectivity index (χ3v) is 4.11. The average molecular weight is 428 g/mol. The van der Waals surface area contributed by atoms with Gasteiger partial charge >= 0.3 is 0 Å². The van der Waals surface area contributed by atoms with Gasteiger partial charge in [-0.15, -0.1) is 0 Å². The van der Waals surface area contributed by atoms with Gasteiger partial charge in [-0.25, -0.2) is 9.97 Å². The minimum absolute atomic E-state index is 0.271. The molecular weight excluding hydrogens is 406 g/mol. The normalized spacial score (nSPS) is 10.7. The van der Waals surface area contributed by atoms with Gasteiger partial charge in [-0.3, -0.25) is 0 Å². The van der Waals surface area contributed by atoms with Crippen LogP contribution >= 0.6 is 22.6 Å². The van der Waals surface area contributed by atoms with E-state index in [1.54, 1.807) is 6.20 Å². The summed E-state index contributed by atoms with van der Waals surface area (Å²) in [6.07, 6.45) is 9.02. The van der Waals surface area contributed by atoms with E-state index in [0.717, 1.165) is 18.8 Å². The second-order valence-corrected chi connectivity index (χ2v) is 6.58. The Morgan fingerprint density at radius 1 is 1.04 bits per heavy atom. The van der Waals surface area contributed by atoms with Crippen LogP contribution < -0.4 is 4.74 Å². The van der Waals surface area contributed by atoms with Gasteiger partial charge in [0.15, 0.2) is 0 Å². The minimum atomic E-state index is -0.544. The van der Waals surface area contributed by atoms with Gasteiger partial charge in [0.1, 0.15) is 15.1 Å². The van der Waals surface area contributed by atoms with E-state index in [9.17, 15) is 4.39 Å². The summed E-state index contributed by atoms with van der Waals surface area (Å²) in [5.41, 5.74) is 0.978. The zero-order valence-electron chi connectivity index (χ0n) is 13.4. The molecule has 23 heavy (non-hydrogen) atoms. The van der Waals surface area contributed by atoms with Gasteiger partial charge in [0.05, 0.1) is 12.8 Å². The summed E-state index contributed by atoms with van der Waals surface area (Å²) in [5, 5.41) is 0. The lowest BCUT2D eigenvalue weighted by Gasteiger charge is -2.07. The van der Waals surface area contributed by atoms with Crippen LogP contribution in [0.3, 0.4) is 0 Å². The van der Waals surface area contributed by atoms with Crippen LogP contribution in [-0.4, -0.2) is 16.6 Å². The van der Waals surface area contributed by atoms with Crippen LogP contribution in [0.5, 0.6) is 5.75 Å². The van der Waals surface area contributed by atoms with E-state index in [1.807, 2.05) is 46.9 Å². The second kappa shape index (κ2) is 9.80. The Hall–Kier alpha value is -1.24. The van der Waals surface area contributed by atoms with Crippen LogP contribution in [0, 0.1) is 9.65 Å². The standard InChI is InChI=1S/C18H22FIN2O/c1-2-3-4-5-6-7-12-23-15-10-8-14(9-11-15)17-18(19)22-16(20)13-21-17/h8-11,13H,2-7,12H2,1H3. The van der Waals surface area contributed by atoms with Crippen molar-refractivity contribution in [3.8, 4) is 17.0 Å². The fourth-order valence-electron chi connectivity index (χ4n) is 2.32. The topological polar surface area (TPSA) is 35.0 Å². The highest BCUT2D eigenvalue weighted by Crippen LogP contribution is 2.22. The smallest absolute Gasteiger partial charge is 0.240 e. The van der Waals surface area contributed by atoms with E-state index in [0.29, 0.717) is 9.26 Å². The molecule has 0 aliphatic carbocycles. The molecular formula is C18H22FIN2O. The van der Waals surface area contributed by atoms with Crippen LogP contribution in [0.1, 0.15) is 45.4 Å². The molecule has 0 spiro atoms. The first-order chi connectivity index (χ1) is 11.2. The molecule has 0 bridgehead atoms. The lowest BCUT2D eigenvalue weighted by atomic mass is 10.1. The molecule has 0 amide bonds. The molecule has 0 saturated heterocycles. The van der Waals surface area contributed by atoms with E-state index < -0.39 is 5.95 Å². The molecule has 0 aliphatic rings. The maximum absolute atomic E-state index is 13.8. The highest BCUT2D eigenvalue weighted by molar-refractivity contribution is 14.1. The maximum atomic E-state index is 13.8. The summed E-state index contributed by atoms with van der Waals surface area (Å²) in [4.78, 5) is 7.89. The summed E-state index contributed by atoms with van der Waals surface area (Å²) in [6, 6.07) is 7.34. The SMILES string of the molecule is CCCCCCCCOc1ccc(-c2ncc(I)nc2F)cc1. The first-order valence-corrected chi connectivity index (χ1v) is 9.20. The van der Waals surface area contributed by atoms with Gasteiger partial charge in [0.2, 0.25) is 5.95 Å². The first-order valence-electron chi connectivity index (χ1n) is 8.12. The molecule has 3 nitrogen and oxygen atoms in total. The number of benzene rings is 1. The number of nitrogens with zero attached hydrogens (tertiary/aromatic N) is 2. The lowest BCUT2D eigenvalue weighted by molar-refractivity contribution is 0.304. The van der Waals surface area contributed by atoms with Crippen molar-refractivity contribution in [3.63, 3.8) is 0 Å². The number of rotatable bonds is 9. The van der Waals surface area contributed by atoms with E-state index in [-0.39, 0.29) is 5.69 Å². The van der Waals surface area contributed by atoms with E-state index in [4.69, 9.17) is 4.74 Å². The van der Waals surface area contributed by atoms with Crippen molar-refractivity contribution < 1.29 is 9.13 Å². The largest absolute Gasteiger partial charge is 0.494 e. The van der Waals surface area contributed by atoms with Crippen molar-refractivity contribution in [3.05, 3.63) is 40.1 Å². The fraction of sp³-hybridized carbons (Fsp3) is 0.444. The van der Waals surface area contributed by atoms with E-state index in [1.165, 1.54) is 32.1 Å². The molecule has 0 fully saturated rings. The van der Waals surface area contributed by atoms with Gasteiger partial charge < -0.3 is 4.74 Å². The number of aromatic nitrogens is 2. The van der Waals surface area contributed by atoms with Crippen molar-refractivity contribution in [2.24, 2.45) is 0 Å². The Morgan fingerprint density at radius 2 is 1.74 bits per heavy atom. The molecule has 5 heteroatoms. The third-order valence-electron chi connectivity index (χ3n) is 3.59. The average Bonchev–Trinajstić information content (AvgIpc) is 2.55.